The smallest absolute Gasteiger partial charge is 0.303 e. The van der Waals surface area contributed by atoms with Gasteiger partial charge in [-0.2, -0.15) is 11.8 Å². The van der Waals surface area contributed by atoms with Gasteiger partial charge in [-0.25, -0.2) is 0 Å². The number of hydrogen-bond acceptors (Lipinski definition) is 3. The van der Waals surface area contributed by atoms with E-state index in [4.69, 9.17) is 5.11 Å². The first kappa shape index (κ1) is 14.7. The van der Waals surface area contributed by atoms with Crippen LogP contribution in [-0.4, -0.2) is 46.5 Å². The van der Waals surface area contributed by atoms with Crippen molar-refractivity contribution in [3.05, 3.63) is 0 Å². The minimum absolute atomic E-state index is 0.252. The highest BCUT2D eigenvalue weighted by molar-refractivity contribution is 7.99. The number of carbonyl (C=O) groups is 2. The lowest BCUT2D eigenvalue weighted by molar-refractivity contribution is -0.138. The van der Waals surface area contributed by atoms with Crippen molar-refractivity contribution in [1.82, 2.24) is 4.90 Å². The Balaban J connectivity index is 1.71. The van der Waals surface area contributed by atoms with Crippen LogP contribution in [0, 0.1) is 11.8 Å². The molecule has 2 fully saturated rings. The average Bonchev–Trinajstić information content (AvgIpc) is 2.40. The lowest BCUT2D eigenvalue weighted by Gasteiger charge is -2.33. The summed E-state index contributed by atoms with van der Waals surface area (Å²) in [7, 11) is 0. The van der Waals surface area contributed by atoms with Gasteiger partial charge in [0.15, 0.2) is 0 Å². The van der Waals surface area contributed by atoms with Crippen molar-refractivity contribution in [1.29, 1.82) is 0 Å². The third-order valence-corrected chi connectivity index (χ3v) is 5.28. The Hall–Kier alpha value is -0.710. The van der Waals surface area contributed by atoms with Gasteiger partial charge in [-0.05, 0) is 49.0 Å². The Morgan fingerprint density at radius 2 is 1.58 bits per heavy atom. The van der Waals surface area contributed by atoms with Crippen molar-refractivity contribution in [2.45, 2.75) is 38.5 Å². The van der Waals surface area contributed by atoms with E-state index < -0.39 is 5.97 Å². The summed E-state index contributed by atoms with van der Waals surface area (Å²) in [5, 5.41) is 8.77. The Labute approximate surface area is 118 Å². The first-order valence-corrected chi connectivity index (χ1v) is 8.38. The summed E-state index contributed by atoms with van der Waals surface area (Å²) in [4.78, 5) is 24.8. The standard InChI is InChI=1S/C14H23NO3S/c16-13(9-12-3-7-19-8-4-12)15-5-1-11(2-6-15)10-14(17)18/h11-12H,1-10H2,(H,17,18). The van der Waals surface area contributed by atoms with Gasteiger partial charge in [-0.15, -0.1) is 0 Å². The highest BCUT2D eigenvalue weighted by Gasteiger charge is 2.26. The summed E-state index contributed by atoms with van der Waals surface area (Å²) in [5.74, 6) is 2.78. The Kier molecular flexibility index (Phi) is 5.55. The van der Waals surface area contributed by atoms with Crippen molar-refractivity contribution in [3.63, 3.8) is 0 Å². The largest absolute Gasteiger partial charge is 0.481 e. The number of carbonyl (C=O) groups excluding carboxylic acids is 1. The second-order valence-corrected chi connectivity index (χ2v) is 6.91. The van der Waals surface area contributed by atoms with E-state index in [1.165, 1.54) is 24.3 Å². The fourth-order valence-electron chi connectivity index (χ4n) is 2.96. The molecule has 2 aliphatic heterocycles. The number of hydrogen-bond donors (Lipinski definition) is 1. The molecule has 2 heterocycles. The molecule has 1 N–H and O–H groups in total. The fourth-order valence-corrected chi connectivity index (χ4v) is 4.16. The van der Waals surface area contributed by atoms with Gasteiger partial charge in [0.2, 0.25) is 5.91 Å². The van der Waals surface area contributed by atoms with Crippen LogP contribution in [0.3, 0.4) is 0 Å². The Morgan fingerprint density at radius 3 is 2.16 bits per heavy atom. The molecular weight excluding hydrogens is 262 g/mol. The summed E-state index contributed by atoms with van der Waals surface area (Å²) in [6.45, 7) is 1.50. The van der Waals surface area contributed by atoms with E-state index in [2.05, 4.69) is 0 Å². The maximum Gasteiger partial charge on any atom is 0.303 e. The van der Waals surface area contributed by atoms with E-state index in [0.29, 0.717) is 12.3 Å². The van der Waals surface area contributed by atoms with Crippen LogP contribution in [-0.2, 0) is 9.59 Å². The monoisotopic (exact) mass is 285 g/mol. The van der Waals surface area contributed by atoms with E-state index in [1.54, 1.807) is 0 Å². The van der Waals surface area contributed by atoms with Gasteiger partial charge < -0.3 is 10.0 Å². The summed E-state index contributed by atoms with van der Waals surface area (Å²) < 4.78 is 0. The van der Waals surface area contributed by atoms with Crippen LogP contribution in [0.5, 0.6) is 0 Å². The number of aliphatic carboxylic acids is 1. The van der Waals surface area contributed by atoms with E-state index in [0.717, 1.165) is 25.9 Å². The van der Waals surface area contributed by atoms with Crippen molar-refractivity contribution in [2.24, 2.45) is 11.8 Å². The number of thioether (sulfide) groups is 1. The first-order chi connectivity index (χ1) is 9.15. The minimum atomic E-state index is -0.718. The molecule has 0 unspecified atom stereocenters. The third kappa shape index (κ3) is 4.71. The van der Waals surface area contributed by atoms with E-state index in [1.807, 2.05) is 16.7 Å². The predicted molar refractivity (Wildman–Crippen MR) is 76.2 cm³/mol. The second-order valence-electron chi connectivity index (χ2n) is 5.68. The highest BCUT2D eigenvalue weighted by atomic mass is 32.2. The van der Waals surface area contributed by atoms with Crippen LogP contribution in [0.15, 0.2) is 0 Å². The van der Waals surface area contributed by atoms with Gasteiger partial charge in [0.05, 0.1) is 0 Å². The summed E-state index contributed by atoms with van der Waals surface area (Å²) in [5.41, 5.74) is 0. The molecule has 0 aromatic rings. The molecule has 0 spiro atoms. The average molecular weight is 285 g/mol. The SMILES string of the molecule is O=C(O)CC1CCN(C(=O)CC2CCSCC2)CC1. The zero-order valence-corrected chi connectivity index (χ0v) is 12.2. The van der Waals surface area contributed by atoms with Crippen molar-refractivity contribution >= 4 is 23.6 Å². The van der Waals surface area contributed by atoms with Gasteiger partial charge in [-0.3, -0.25) is 9.59 Å². The van der Waals surface area contributed by atoms with Gasteiger partial charge in [0.1, 0.15) is 0 Å². The van der Waals surface area contributed by atoms with Crippen LogP contribution >= 0.6 is 11.8 Å². The number of piperidine rings is 1. The molecule has 2 rings (SSSR count). The van der Waals surface area contributed by atoms with Crippen molar-refractivity contribution in [3.8, 4) is 0 Å². The summed E-state index contributed by atoms with van der Waals surface area (Å²) in [6.07, 6.45) is 4.99. The lowest BCUT2D eigenvalue weighted by atomic mass is 9.92. The molecule has 19 heavy (non-hydrogen) atoms. The fraction of sp³-hybridized carbons (Fsp3) is 0.857. The predicted octanol–water partition coefficient (Wildman–Crippen LogP) is 2.23. The van der Waals surface area contributed by atoms with Crippen molar-refractivity contribution in [2.75, 3.05) is 24.6 Å². The second kappa shape index (κ2) is 7.17. The number of nitrogens with zero attached hydrogens (tertiary/aromatic N) is 1. The molecule has 0 saturated carbocycles. The third-order valence-electron chi connectivity index (χ3n) is 4.23. The summed E-state index contributed by atoms with van der Waals surface area (Å²) >= 11 is 1.99. The molecule has 0 atom stereocenters. The minimum Gasteiger partial charge on any atom is -0.481 e. The molecule has 0 aromatic carbocycles. The summed E-state index contributed by atoms with van der Waals surface area (Å²) in [6, 6.07) is 0. The Morgan fingerprint density at radius 1 is 1.00 bits per heavy atom. The van der Waals surface area contributed by atoms with Gasteiger partial charge >= 0.3 is 5.97 Å². The number of likely N-dealkylation sites (tertiary alicyclic amines) is 1. The van der Waals surface area contributed by atoms with Crippen LogP contribution in [0.1, 0.15) is 38.5 Å². The number of rotatable bonds is 4. The zero-order valence-electron chi connectivity index (χ0n) is 11.3. The maximum absolute atomic E-state index is 12.2. The molecule has 4 nitrogen and oxygen atoms in total. The van der Waals surface area contributed by atoms with Crippen molar-refractivity contribution < 1.29 is 14.7 Å². The normalized spacial score (nSPS) is 22.4. The Bertz CT molecular complexity index is 321. The van der Waals surface area contributed by atoms with Crippen LogP contribution in [0.25, 0.3) is 0 Å². The molecule has 5 heteroatoms. The zero-order chi connectivity index (χ0) is 13.7. The molecule has 0 aromatic heterocycles. The number of carboxylic acids is 1. The topological polar surface area (TPSA) is 57.6 Å². The number of carboxylic acid groups (broad SMARTS) is 1. The first-order valence-electron chi connectivity index (χ1n) is 7.22. The van der Waals surface area contributed by atoms with E-state index in [9.17, 15) is 9.59 Å². The van der Waals surface area contributed by atoms with Crippen LogP contribution in [0.4, 0.5) is 0 Å². The van der Waals surface area contributed by atoms with Crippen LogP contribution in [0.2, 0.25) is 0 Å². The number of amides is 1. The van der Waals surface area contributed by atoms with E-state index in [-0.39, 0.29) is 18.2 Å². The quantitative estimate of drug-likeness (QED) is 0.860. The molecular formula is C14H23NO3S. The van der Waals surface area contributed by atoms with Gasteiger partial charge in [0, 0.05) is 25.9 Å². The molecule has 0 bridgehead atoms. The molecule has 0 radical (unpaired) electrons. The van der Waals surface area contributed by atoms with Crippen LogP contribution < -0.4 is 0 Å². The van der Waals surface area contributed by atoms with E-state index >= 15 is 0 Å². The molecule has 1 amide bonds. The highest BCUT2D eigenvalue weighted by Crippen LogP contribution is 2.27. The van der Waals surface area contributed by atoms with Gasteiger partial charge in [0.25, 0.3) is 0 Å². The maximum atomic E-state index is 12.2. The molecule has 2 aliphatic rings. The molecule has 0 aliphatic carbocycles. The lowest BCUT2D eigenvalue weighted by Crippen LogP contribution is -2.39. The van der Waals surface area contributed by atoms with Gasteiger partial charge in [-0.1, -0.05) is 0 Å². The molecule has 108 valence electrons. The molecule has 2 saturated heterocycles.